The van der Waals surface area contributed by atoms with Gasteiger partial charge in [0.25, 0.3) is 0 Å². The number of nitrogens with zero attached hydrogens (tertiary/aromatic N) is 1. The molecule has 2 N–H and O–H groups in total. The fourth-order valence-electron chi connectivity index (χ4n) is 1.94. The fourth-order valence-corrected chi connectivity index (χ4v) is 3.01. The molecule has 1 atom stereocenters. The van der Waals surface area contributed by atoms with Crippen LogP contribution in [-0.2, 0) is 0 Å². The van der Waals surface area contributed by atoms with Crippen molar-refractivity contribution in [3.05, 3.63) is 57.7 Å². The summed E-state index contributed by atoms with van der Waals surface area (Å²) in [6.07, 6.45) is 1.81. The Morgan fingerprint density at radius 1 is 1.21 bits per heavy atom. The average molecular weight is 337 g/mol. The lowest BCUT2D eigenvalue weighted by molar-refractivity contribution is 0.827. The summed E-state index contributed by atoms with van der Waals surface area (Å²) in [5, 5.41) is 1.00. The van der Waals surface area contributed by atoms with Gasteiger partial charge in [0.1, 0.15) is 0 Å². The van der Waals surface area contributed by atoms with Crippen molar-refractivity contribution in [2.45, 2.75) is 24.9 Å². The molecular weight excluding hydrogens is 320 g/mol. The molecule has 0 bridgehead atoms. The largest absolute Gasteiger partial charge is 0.323 e. The van der Waals surface area contributed by atoms with Gasteiger partial charge in [-0.25, -0.2) is 4.98 Å². The number of hydrogen-bond acceptors (Lipinski definition) is 3. The van der Waals surface area contributed by atoms with Crippen LogP contribution >= 0.6 is 27.7 Å². The Bertz CT molecular complexity index is 534. The second-order valence-electron chi connectivity index (χ2n) is 4.65. The Kier molecular flexibility index (Phi) is 5.02. The van der Waals surface area contributed by atoms with Gasteiger partial charge in [0.05, 0.1) is 5.03 Å². The lowest BCUT2D eigenvalue weighted by atomic mass is 10.0. The molecule has 1 unspecified atom stereocenters. The maximum Gasteiger partial charge on any atom is 0.0961 e. The molecule has 2 nitrogen and oxygen atoms in total. The predicted octanol–water partition coefficient (Wildman–Crippen LogP) is 4.25. The first-order valence-corrected chi connectivity index (χ1v) is 7.90. The minimum absolute atomic E-state index is 0.0362. The molecule has 0 fully saturated rings. The molecule has 2 rings (SSSR count). The highest BCUT2D eigenvalue weighted by atomic mass is 79.9. The second-order valence-corrected chi connectivity index (χ2v) is 6.61. The molecule has 1 aromatic carbocycles. The van der Waals surface area contributed by atoms with Crippen LogP contribution < -0.4 is 5.73 Å². The number of thioether (sulfide) groups is 1. The molecule has 0 aliphatic heterocycles. The minimum Gasteiger partial charge on any atom is -0.323 e. The highest BCUT2D eigenvalue weighted by Gasteiger charge is 2.08. The second kappa shape index (κ2) is 6.55. The summed E-state index contributed by atoms with van der Waals surface area (Å²) < 4.78 is 0.996. The van der Waals surface area contributed by atoms with E-state index in [1.807, 2.05) is 18.3 Å². The molecule has 1 aromatic heterocycles. The van der Waals surface area contributed by atoms with Crippen LogP contribution in [0.1, 0.15) is 22.7 Å². The molecule has 0 spiro atoms. The zero-order valence-corrected chi connectivity index (χ0v) is 13.5. The third-order valence-electron chi connectivity index (χ3n) is 2.78. The van der Waals surface area contributed by atoms with Crippen LogP contribution in [0, 0.1) is 13.8 Å². The van der Waals surface area contributed by atoms with Crippen molar-refractivity contribution >= 4 is 27.7 Å². The Hall–Kier alpha value is -0.840. The first-order valence-electron chi connectivity index (χ1n) is 6.13. The van der Waals surface area contributed by atoms with E-state index in [1.54, 1.807) is 11.8 Å². The van der Waals surface area contributed by atoms with Gasteiger partial charge in [0.2, 0.25) is 0 Å². The van der Waals surface area contributed by atoms with E-state index in [9.17, 15) is 0 Å². The first kappa shape index (κ1) is 14.6. The van der Waals surface area contributed by atoms with E-state index >= 15 is 0 Å². The lowest BCUT2D eigenvalue weighted by Crippen LogP contribution is -2.13. The summed E-state index contributed by atoms with van der Waals surface area (Å²) in [5.41, 5.74) is 9.97. The van der Waals surface area contributed by atoms with Gasteiger partial charge in [-0.05, 0) is 47.5 Å². The fraction of sp³-hybridized carbons (Fsp3) is 0.267. The lowest BCUT2D eigenvalue weighted by Gasteiger charge is -2.13. The van der Waals surface area contributed by atoms with Gasteiger partial charge >= 0.3 is 0 Å². The Balaban J connectivity index is 2.00. The zero-order valence-electron chi connectivity index (χ0n) is 11.1. The number of aromatic nitrogens is 1. The molecule has 19 heavy (non-hydrogen) atoms. The van der Waals surface area contributed by atoms with E-state index in [2.05, 4.69) is 53.0 Å². The van der Waals surface area contributed by atoms with Crippen molar-refractivity contribution in [1.29, 1.82) is 0 Å². The van der Waals surface area contributed by atoms with Crippen molar-refractivity contribution in [3.63, 3.8) is 0 Å². The number of halogens is 1. The highest BCUT2D eigenvalue weighted by Crippen LogP contribution is 2.24. The molecule has 0 amide bonds. The van der Waals surface area contributed by atoms with E-state index in [1.165, 1.54) is 16.7 Å². The van der Waals surface area contributed by atoms with E-state index in [4.69, 9.17) is 5.73 Å². The third-order valence-corrected chi connectivity index (χ3v) is 4.32. The molecule has 0 radical (unpaired) electrons. The number of nitrogens with two attached hydrogens (primary N) is 1. The predicted molar refractivity (Wildman–Crippen MR) is 85.5 cm³/mol. The monoisotopic (exact) mass is 336 g/mol. The van der Waals surface area contributed by atoms with Crippen molar-refractivity contribution < 1.29 is 0 Å². The van der Waals surface area contributed by atoms with Gasteiger partial charge in [0.15, 0.2) is 0 Å². The first-order chi connectivity index (χ1) is 9.04. The third kappa shape index (κ3) is 4.34. The maximum absolute atomic E-state index is 6.25. The summed E-state index contributed by atoms with van der Waals surface area (Å²) in [7, 11) is 0. The minimum atomic E-state index is 0.0362. The van der Waals surface area contributed by atoms with Crippen LogP contribution in [0.3, 0.4) is 0 Å². The van der Waals surface area contributed by atoms with E-state index in [0.717, 1.165) is 15.3 Å². The highest BCUT2D eigenvalue weighted by molar-refractivity contribution is 9.10. The summed E-state index contributed by atoms with van der Waals surface area (Å²) in [5.74, 6) is 0.831. The molecule has 1 heterocycles. The Labute approximate surface area is 126 Å². The molecular formula is C15H17BrN2S. The van der Waals surface area contributed by atoms with E-state index in [-0.39, 0.29) is 6.04 Å². The van der Waals surface area contributed by atoms with Gasteiger partial charge in [0, 0.05) is 22.5 Å². The number of benzene rings is 1. The van der Waals surface area contributed by atoms with Crippen LogP contribution in [0.4, 0.5) is 0 Å². The molecule has 100 valence electrons. The summed E-state index contributed by atoms with van der Waals surface area (Å²) in [6, 6.07) is 10.5. The Morgan fingerprint density at radius 3 is 2.47 bits per heavy atom. The maximum atomic E-state index is 6.25. The topological polar surface area (TPSA) is 38.9 Å². The molecule has 4 heteroatoms. The van der Waals surface area contributed by atoms with Gasteiger partial charge in [-0.3, -0.25) is 0 Å². The summed E-state index contributed by atoms with van der Waals surface area (Å²) in [6.45, 7) is 4.21. The zero-order chi connectivity index (χ0) is 13.8. The number of hydrogen-bond donors (Lipinski definition) is 1. The van der Waals surface area contributed by atoms with Crippen LogP contribution in [0.25, 0.3) is 0 Å². The van der Waals surface area contributed by atoms with Crippen LogP contribution in [0.2, 0.25) is 0 Å². The van der Waals surface area contributed by atoms with Crippen LogP contribution in [0.15, 0.2) is 46.0 Å². The SMILES string of the molecule is Cc1cc(C)cc(C(N)CSc2ccc(Br)cn2)c1. The number of pyridine rings is 1. The van der Waals surface area contributed by atoms with Crippen molar-refractivity contribution in [2.75, 3.05) is 5.75 Å². The summed E-state index contributed by atoms with van der Waals surface area (Å²) in [4.78, 5) is 4.34. The van der Waals surface area contributed by atoms with Crippen molar-refractivity contribution in [1.82, 2.24) is 4.98 Å². The van der Waals surface area contributed by atoms with Crippen LogP contribution in [0.5, 0.6) is 0 Å². The van der Waals surface area contributed by atoms with E-state index in [0.29, 0.717) is 0 Å². The number of rotatable bonds is 4. The normalized spacial score (nSPS) is 12.4. The molecule has 2 aromatic rings. The van der Waals surface area contributed by atoms with E-state index < -0.39 is 0 Å². The van der Waals surface area contributed by atoms with Crippen molar-refractivity contribution in [3.8, 4) is 0 Å². The molecule has 0 aliphatic rings. The smallest absolute Gasteiger partial charge is 0.0961 e. The summed E-state index contributed by atoms with van der Waals surface area (Å²) >= 11 is 5.07. The van der Waals surface area contributed by atoms with Crippen molar-refractivity contribution in [2.24, 2.45) is 5.73 Å². The standard InChI is InChI=1S/C15H17BrN2S/c1-10-5-11(2)7-12(6-10)14(17)9-19-15-4-3-13(16)8-18-15/h3-8,14H,9,17H2,1-2H3. The molecule has 0 saturated heterocycles. The van der Waals surface area contributed by atoms with Gasteiger partial charge in [-0.2, -0.15) is 0 Å². The van der Waals surface area contributed by atoms with Gasteiger partial charge in [-0.1, -0.05) is 29.3 Å². The van der Waals surface area contributed by atoms with Crippen LogP contribution in [-0.4, -0.2) is 10.7 Å². The number of aryl methyl sites for hydroxylation is 2. The quantitative estimate of drug-likeness (QED) is 0.848. The van der Waals surface area contributed by atoms with Gasteiger partial charge < -0.3 is 5.73 Å². The molecule has 0 aliphatic carbocycles. The molecule has 0 saturated carbocycles. The average Bonchev–Trinajstić information content (AvgIpc) is 2.36. The Morgan fingerprint density at radius 2 is 1.89 bits per heavy atom. The van der Waals surface area contributed by atoms with Gasteiger partial charge in [-0.15, -0.1) is 11.8 Å².